The molecule has 3 nitrogen and oxygen atoms in total. The molecule has 0 aliphatic rings. The number of fused-ring (bicyclic) bond motifs is 3. The van der Waals surface area contributed by atoms with Crippen LogP contribution < -0.4 is 0 Å². The van der Waals surface area contributed by atoms with Crippen LogP contribution in [-0.2, 0) is 6.42 Å². The lowest BCUT2D eigenvalue weighted by atomic mass is 10.1. The maximum Gasteiger partial charge on any atom is 0.145 e. The van der Waals surface area contributed by atoms with E-state index < -0.39 is 0 Å². The Bertz CT molecular complexity index is 1130. The minimum absolute atomic E-state index is 0.782. The Morgan fingerprint density at radius 2 is 1.72 bits per heavy atom. The van der Waals surface area contributed by atoms with Crippen molar-refractivity contribution in [1.82, 2.24) is 14.4 Å². The molecule has 0 spiro atoms. The molecule has 4 aromatic rings. The third kappa shape index (κ3) is 2.42. The molecule has 0 N–H and O–H groups in total. The van der Waals surface area contributed by atoms with Crippen molar-refractivity contribution in [2.24, 2.45) is 0 Å². The molecule has 0 bridgehead atoms. The average molecular weight is 350 g/mol. The number of hydrogen-bond acceptors (Lipinski definition) is 2. The van der Waals surface area contributed by atoms with Gasteiger partial charge in [0.15, 0.2) is 0 Å². The zero-order valence-electron chi connectivity index (χ0n) is 14.9. The molecule has 2 aromatic heterocycles. The van der Waals surface area contributed by atoms with Gasteiger partial charge in [0, 0.05) is 10.6 Å². The second-order valence-electron chi connectivity index (χ2n) is 6.50. The smallest absolute Gasteiger partial charge is 0.145 e. The zero-order chi connectivity index (χ0) is 17.7. The van der Waals surface area contributed by atoms with Crippen molar-refractivity contribution in [3.8, 4) is 11.4 Å². The second kappa shape index (κ2) is 5.85. The van der Waals surface area contributed by atoms with Crippen molar-refractivity contribution in [2.45, 2.75) is 34.1 Å². The Labute approximate surface area is 152 Å². The molecule has 126 valence electrons. The van der Waals surface area contributed by atoms with Crippen molar-refractivity contribution in [1.29, 1.82) is 0 Å². The molecule has 0 saturated carbocycles. The van der Waals surface area contributed by atoms with E-state index >= 15 is 0 Å². The summed E-state index contributed by atoms with van der Waals surface area (Å²) in [6, 6.07) is 12.5. The van der Waals surface area contributed by atoms with Crippen LogP contribution in [0, 0.1) is 20.8 Å². The monoisotopic (exact) mass is 349 g/mol. The first-order chi connectivity index (χ1) is 12.0. The first-order valence-electron chi connectivity index (χ1n) is 8.55. The summed E-state index contributed by atoms with van der Waals surface area (Å²) in [5.74, 6) is 0.946. The predicted molar refractivity (Wildman–Crippen MR) is 105 cm³/mol. The van der Waals surface area contributed by atoms with Gasteiger partial charge in [-0.25, -0.2) is 9.97 Å². The molecule has 4 heteroatoms. The third-order valence-electron chi connectivity index (χ3n) is 4.83. The Balaban J connectivity index is 2.20. The van der Waals surface area contributed by atoms with Crippen LogP contribution in [0.3, 0.4) is 0 Å². The van der Waals surface area contributed by atoms with Crippen molar-refractivity contribution in [3.05, 3.63) is 63.9 Å². The summed E-state index contributed by atoms with van der Waals surface area (Å²) in [5, 5.41) is 0.782. The lowest BCUT2D eigenvalue weighted by Gasteiger charge is -2.11. The predicted octanol–water partition coefficient (Wildman–Crippen LogP) is 5.69. The number of aryl methyl sites for hydroxylation is 4. The number of hydrogen-bond donors (Lipinski definition) is 0. The van der Waals surface area contributed by atoms with Gasteiger partial charge in [-0.05, 0) is 50.5 Å². The van der Waals surface area contributed by atoms with Gasteiger partial charge in [-0.1, -0.05) is 42.8 Å². The van der Waals surface area contributed by atoms with Crippen LogP contribution in [0.15, 0.2) is 36.4 Å². The maximum atomic E-state index is 6.52. The molecule has 4 rings (SSSR count). The highest BCUT2D eigenvalue weighted by Gasteiger charge is 2.18. The highest BCUT2D eigenvalue weighted by Crippen LogP contribution is 2.32. The largest absolute Gasteiger partial charge is 0.289 e. The number of imidazole rings is 1. The summed E-state index contributed by atoms with van der Waals surface area (Å²) in [6.45, 7) is 8.31. The molecule has 0 aliphatic heterocycles. The molecule has 0 fully saturated rings. The molecule has 0 atom stereocenters. The van der Waals surface area contributed by atoms with Gasteiger partial charge in [-0.15, -0.1) is 0 Å². The van der Waals surface area contributed by atoms with E-state index in [2.05, 4.69) is 48.6 Å². The highest BCUT2D eigenvalue weighted by atomic mass is 35.5. The number of halogens is 1. The molecule has 2 aromatic carbocycles. The van der Waals surface area contributed by atoms with Crippen LogP contribution >= 0.6 is 11.6 Å². The van der Waals surface area contributed by atoms with Crippen LogP contribution in [0.4, 0.5) is 0 Å². The van der Waals surface area contributed by atoms with Crippen molar-refractivity contribution in [3.63, 3.8) is 0 Å². The molecular weight excluding hydrogens is 330 g/mol. The van der Waals surface area contributed by atoms with E-state index in [1.54, 1.807) is 0 Å². The minimum Gasteiger partial charge on any atom is -0.289 e. The van der Waals surface area contributed by atoms with E-state index in [9.17, 15) is 0 Å². The van der Waals surface area contributed by atoms with Crippen LogP contribution in [0.2, 0.25) is 5.02 Å². The first kappa shape index (κ1) is 16.1. The van der Waals surface area contributed by atoms with Gasteiger partial charge >= 0.3 is 0 Å². The Morgan fingerprint density at radius 3 is 2.44 bits per heavy atom. The van der Waals surface area contributed by atoms with Crippen LogP contribution in [0.1, 0.15) is 29.4 Å². The zero-order valence-corrected chi connectivity index (χ0v) is 15.6. The van der Waals surface area contributed by atoms with Gasteiger partial charge in [-0.3, -0.25) is 4.40 Å². The van der Waals surface area contributed by atoms with E-state index in [1.807, 2.05) is 19.9 Å². The van der Waals surface area contributed by atoms with Gasteiger partial charge < -0.3 is 0 Å². The number of nitrogens with zero attached hydrogens (tertiary/aromatic N) is 3. The third-order valence-corrected chi connectivity index (χ3v) is 5.19. The van der Waals surface area contributed by atoms with Crippen LogP contribution in [-0.4, -0.2) is 14.4 Å². The SMILES string of the molecule is CCc1cc2nc(C)c3c(C)nc(-c4ccccc4C)n3c2cc1Cl. The molecule has 0 radical (unpaired) electrons. The Kier molecular flexibility index (Phi) is 3.77. The maximum absolute atomic E-state index is 6.52. The summed E-state index contributed by atoms with van der Waals surface area (Å²) >= 11 is 6.52. The fraction of sp³-hybridized carbons (Fsp3) is 0.238. The molecule has 0 unspecified atom stereocenters. The lowest BCUT2D eigenvalue weighted by molar-refractivity contribution is 1.12. The molecule has 2 heterocycles. The molecule has 0 aliphatic carbocycles. The summed E-state index contributed by atoms with van der Waals surface area (Å²) in [5.41, 5.74) is 8.45. The summed E-state index contributed by atoms with van der Waals surface area (Å²) < 4.78 is 2.21. The van der Waals surface area contributed by atoms with Gasteiger partial charge in [0.25, 0.3) is 0 Å². The van der Waals surface area contributed by atoms with E-state index in [0.29, 0.717) is 0 Å². The summed E-state index contributed by atoms with van der Waals surface area (Å²) in [4.78, 5) is 9.71. The quantitative estimate of drug-likeness (QED) is 0.465. The molecule has 25 heavy (non-hydrogen) atoms. The van der Waals surface area contributed by atoms with Gasteiger partial charge in [0.05, 0.1) is 27.9 Å². The van der Waals surface area contributed by atoms with Crippen LogP contribution in [0.5, 0.6) is 0 Å². The Hall–Kier alpha value is -2.39. The normalized spacial score (nSPS) is 11.6. The average Bonchev–Trinajstić information content (AvgIpc) is 2.94. The standard InChI is InChI=1S/C21H20ClN3/c1-5-15-10-18-19(11-17(15)22)25-20(13(3)23-18)14(4)24-21(25)16-9-7-6-8-12(16)2/h6-11H,5H2,1-4H3. The van der Waals surface area contributed by atoms with Crippen LogP contribution in [0.25, 0.3) is 27.9 Å². The molecule has 0 saturated heterocycles. The van der Waals surface area contributed by atoms with Gasteiger partial charge in [0.1, 0.15) is 5.82 Å². The van der Waals surface area contributed by atoms with Crippen molar-refractivity contribution >= 4 is 28.2 Å². The minimum atomic E-state index is 0.782. The molecule has 0 amide bonds. The summed E-state index contributed by atoms with van der Waals surface area (Å²) in [7, 11) is 0. The fourth-order valence-corrected chi connectivity index (χ4v) is 3.85. The number of rotatable bonds is 2. The van der Waals surface area contributed by atoms with E-state index in [-0.39, 0.29) is 0 Å². The molecular formula is C21H20ClN3. The van der Waals surface area contributed by atoms with E-state index in [0.717, 1.165) is 56.3 Å². The van der Waals surface area contributed by atoms with E-state index in [4.69, 9.17) is 21.6 Å². The van der Waals surface area contributed by atoms with E-state index in [1.165, 1.54) is 5.56 Å². The van der Waals surface area contributed by atoms with Crippen molar-refractivity contribution < 1.29 is 0 Å². The first-order valence-corrected chi connectivity index (χ1v) is 8.92. The lowest BCUT2D eigenvalue weighted by Crippen LogP contribution is -1.99. The van der Waals surface area contributed by atoms with Gasteiger partial charge in [-0.2, -0.15) is 0 Å². The topological polar surface area (TPSA) is 30.2 Å². The Morgan fingerprint density at radius 1 is 1.00 bits per heavy atom. The number of aromatic nitrogens is 3. The number of benzene rings is 2. The summed E-state index contributed by atoms with van der Waals surface area (Å²) in [6.07, 6.45) is 0.890. The second-order valence-corrected chi connectivity index (χ2v) is 6.91. The van der Waals surface area contributed by atoms with Gasteiger partial charge in [0.2, 0.25) is 0 Å². The fourth-order valence-electron chi connectivity index (χ4n) is 3.56. The highest BCUT2D eigenvalue weighted by molar-refractivity contribution is 6.32. The van der Waals surface area contributed by atoms with Crippen molar-refractivity contribution in [2.75, 3.05) is 0 Å².